The minimum absolute atomic E-state index is 0.118. The highest BCUT2D eigenvalue weighted by molar-refractivity contribution is 6.02. The van der Waals surface area contributed by atoms with Crippen LogP contribution in [0.3, 0.4) is 0 Å². The first-order valence-electron chi connectivity index (χ1n) is 10.3. The van der Waals surface area contributed by atoms with Crippen LogP contribution in [0.15, 0.2) is 24.3 Å². The van der Waals surface area contributed by atoms with Crippen molar-refractivity contribution in [2.75, 3.05) is 0 Å². The van der Waals surface area contributed by atoms with Crippen molar-refractivity contribution >= 4 is 11.8 Å². The molecule has 3 aliphatic rings. The number of amides is 2. The molecule has 2 amide bonds. The normalized spacial score (nSPS) is 25.7. The molecule has 1 aromatic rings. The Morgan fingerprint density at radius 2 is 1.92 bits per heavy atom. The first-order chi connectivity index (χ1) is 12.6. The molecule has 1 spiro atoms. The van der Waals surface area contributed by atoms with E-state index in [2.05, 4.69) is 24.1 Å². The molecule has 0 aromatic heterocycles. The zero-order chi connectivity index (χ0) is 18.3. The van der Waals surface area contributed by atoms with E-state index in [-0.39, 0.29) is 29.3 Å². The van der Waals surface area contributed by atoms with Gasteiger partial charge in [-0.2, -0.15) is 0 Å². The summed E-state index contributed by atoms with van der Waals surface area (Å²) in [7, 11) is 0. The van der Waals surface area contributed by atoms with E-state index in [0.717, 1.165) is 56.1 Å². The molecule has 26 heavy (non-hydrogen) atoms. The van der Waals surface area contributed by atoms with E-state index in [1.807, 2.05) is 24.3 Å². The van der Waals surface area contributed by atoms with Crippen LogP contribution in [-0.4, -0.2) is 34.3 Å². The van der Waals surface area contributed by atoms with Gasteiger partial charge in [0.15, 0.2) is 0 Å². The molecular formula is C22H30N2O2. The van der Waals surface area contributed by atoms with Gasteiger partial charge in [-0.05, 0) is 50.7 Å². The van der Waals surface area contributed by atoms with Crippen LogP contribution in [0, 0.1) is 0 Å². The standard InChI is InChI=1S/C22H30N2O2/c1-3-15(2)24-21(26)18-10-6-5-9-17(18)19(20(25)23-16-11-12-16)22(24)13-7-4-8-14-22/h5-6,9-10,15-16,19H,3-4,7-8,11-14H2,1-2H3,(H,23,25). The summed E-state index contributed by atoms with van der Waals surface area (Å²) >= 11 is 0. The van der Waals surface area contributed by atoms with Crippen LogP contribution in [0.25, 0.3) is 0 Å². The second-order valence-electron chi connectivity index (χ2n) is 8.40. The lowest BCUT2D eigenvalue weighted by atomic mass is 9.64. The lowest BCUT2D eigenvalue weighted by Gasteiger charge is -2.55. The van der Waals surface area contributed by atoms with Crippen molar-refractivity contribution in [1.82, 2.24) is 10.2 Å². The summed E-state index contributed by atoms with van der Waals surface area (Å²) in [5.41, 5.74) is 1.30. The maximum absolute atomic E-state index is 13.5. The van der Waals surface area contributed by atoms with Gasteiger partial charge in [-0.3, -0.25) is 9.59 Å². The lowest BCUT2D eigenvalue weighted by molar-refractivity contribution is -0.128. The fraction of sp³-hybridized carbons (Fsp3) is 0.636. The predicted octanol–water partition coefficient (Wildman–Crippen LogP) is 4.01. The van der Waals surface area contributed by atoms with Crippen molar-refractivity contribution in [3.8, 4) is 0 Å². The molecule has 0 saturated heterocycles. The van der Waals surface area contributed by atoms with Crippen molar-refractivity contribution in [2.24, 2.45) is 0 Å². The van der Waals surface area contributed by atoms with Gasteiger partial charge in [0, 0.05) is 17.6 Å². The molecule has 1 aromatic carbocycles. The molecular weight excluding hydrogens is 324 g/mol. The van der Waals surface area contributed by atoms with Gasteiger partial charge in [0.1, 0.15) is 0 Å². The summed E-state index contributed by atoms with van der Waals surface area (Å²) in [5.74, 6) is 0.00118. The molecule has 140 valence electrons. The zero-order valence-electron chi connectivity index (χ0n) is 16.0. The van der Waals surface area contributed by atoms with Gasteiger partial charge in [0.25, 0.3) is 5.91 Å². The summed E-state index contributed by atoms with van der Waals surface area (Å²) in [4.78, 5) is 29.0. The molecule has 2 unspecified atom stereocenters. The van der Waals surface area contributed by atoms with Gasteiger partial charge in [0.2, 0.25) is 5.91 Å². The molecule has 2 atom stereocenters. The Morgan fingerprint density at radius 3 is 2.58 bits per heavy atom. The van der Waals surface area contributed by atoms with Crippen LogP contribution < -0.4 is 5.32 Å². The number of carbonyl (C=O) groups excluding carboxylic acids is 2. The third-order valence-electron chi connectivity index (χ3n) is 6.68. The Balaban J connectivity index is 1.86. The smallest absolute Gasteiger partial charge is 0.254 e. The van der Waals surface area contributed by atoms with Crippen LogP contribution in [0.4, 0.5) is 0 Å². The Morgan fingerprint density at radius 1 is 1.23 bits per heavy atom. The SMILES string of the molecule is CCC(C)N1C(=O)c2ccccc2C(C(=O)NC2CC2)C12CCCCC2. The van der Waals surface area contributed by atoms with Crippen LogP contribution in [0.5, 0.6) is 0 Å². The van der Waals surface area contributed by atoms with E-state index in [1.165, 1.54) is 6.42 Å². The molecule has 4 rings (SSSR count). The number of carbonyl (C=O) groups is 2. The molecule has 1 aliphatic heterocycles. The molecule has 4 nitrogen and oxygen atoms in total. The van der Waals surface area contributed by atoms with Crippen LogP contribution >= 0.6 is 0 Å². The highest BCUT2D eigenvalue weighted by Gasteiger charge is 2.55. The van der Waals surface area contributed by atoms with Gasteiger partial charge in [0.05, 0.1) is 11.5 Å². The number of benzene rings is 1. The van der Waals surface area contributed by atoms with Crippen molar-refractivity contribution in [3.05, 3.63) is 35.4 Å². The van der Waals surface area contributed by atoms with E-state index >= 15 is 0 Å². The quantitative estimate of drug-likeness (QED) is 0.888. The fourth-order valence-corrected chi connectivity index (χ4v) is 5.12. The molecule has 2 saturated carbocycles. The van der Waals surface area contributed by atoms with Gasteiger partial charge in [-0.15, -0.1) is 0 Å². The molecule has 2 aliphatic carbocycles. The second-order valence-corrected chi connectivity index (χ2v) is 8.40. The van der Waals surface area contributed by atoms with E-state index in [0.29, 0.717) is 6.04 Å². The molecule has 2 fully saturated rings. The average Bonchev–Trinajstić information content (AvgIpc) is 3.46. The van der Waals surface area contributed by atoms with E-state index in [4.69, 9.17) is 0 Å². The third kappa shape index (κ3) is 2.74. The fourth-order valence-electron chi connectivity index (χ4n) is 5.12. The maximum atomic E-state index is 13.5. The van der Waals surface area contributed by atoms with E-state index in [1.54, 1.807) is 0 Å². The summed E-state index contributed by atoms with van der Waals surface area (Å²) in [6.45, 7) is 4.27. The van der Waals surface area contributed by atoms with Gasteiger partial charge < -0.3 is 10.2 Å². The van der Waals surface area contributed by atoms with Gasteiger partial charge in [-0.25, -0.2) is 0 Å². The highest BCUT2D eigenvalue weighted by Crippen LogP contribution is 2.50. The van der Waals surface area contributed by atoms with Crippen molar-refractivity contribution < 1.29 is 9.59 Å². The second kappa shape index (κ2) is 6.71. The largest absolute Gasteiger partial charge is 0.353 e. The maximum Gasteiger partial charge on any atom is 0.254 e. The topological polar surface area (TPSA) is 49.4 Å². The Kier molecular flexibility index (Phi) is 4.54. The number of fused-ring (bicyclic) bond motifs is 1. The Hall–Kier alpha value is -1.84. The molecule has 4 heteroatoms. The minimum Gasteiger partial charge on any atom is -0.353 e. The van der Waals surface area contributed by atoms with Crippen LogP contribution in [0.2, 0.25) is 0 Å². The van der Waals surface area contributed by atoms with Gasteiger partial charge >= 0.3 is 0 Å². The average molecular weight is 354 g/mol. The van der Waals surface area contributed by atoms with E-state index < -0.39 is 0 Å². The first-order valence-corrected chi connectivity index (χ1v) is 10.3. The zero-order valence-corrected chi connectivity index (χ0v) is 16.0. The Bertz CT molecular complexity index is 704. The summed E-state index contributed by atoms with van der Waals surface area (Å²) in [6.07, 6.45) is 8.32. The van der Waals surface area contributed by atoms with Crippen LogP contribution in [0.1, 0.15) is 87.1 Å². The lowest BCUT2D eigenvalue weighted by Crippen LogP contribution is -2.64. The third-order valence-corrected chi connectivity index (χ3v) is 6.68. The monoisotopic (exact) mass is 354 g/mol. The van der Waals surface area contributed by atoms with Gasteiger partial charge in [-0.1, -0.05) is 44.4 Å². The van der Waals surface area contributed by atoms with Crippen LogP contribution in [-0.2, 0) is 4.79 Å². The first kappa shape index (κ1) is 17.6. The number of hydrogen-bond donors (Lipinski definition) is 1. The molecule has 1 N–H and O–H groups in total. The number of hydrogen-bond acceptors (Lipinski definition) is 2. The number of nitrogens with zero attached hydrogens (tertiary/aromatic N) is 1. The van der Waals surface area contributed by atoms with E-state index in [9.17, 15) is 9.59 Å². The number of rotatable bonds is 4. The van der Waals surface area contributed by atoms with Crippen molar-refractivity contribution in [1.29, 1.82) is 0 Å². The molecule has 0 bridgehead atoms. The minimum atomic E-state index is -0.363. The molecule has 0 radical (unpaired) electrons. The summed E-state index contributed by atoms with van der Waals surface area (Å²) in [5, 5.41) is 3.25. The highest BCUT2D eigenvalue weighted by atomic mass is 16.2. The molecule has 1 heterocycles. The summed E-state index contributed by atoms with van der Waals surface area (Å²) < 4.78 is 0. The number of nitrogens with one attached hydrogen (secondary N) is 1. The van der Waals surface area contributed by atoms with Crippen molar-refractivity contribution in [3.63, 3.8) is 0 Å². The Labute approximate surface area is 156 Å². The summed E-state index contributed by atoms with van der Waals surface area (Å²) in [6, 6.07) is 8.28. The predicted molar refractivity (Wildman–Crippen MR) is 102 cm³/mol. The van der Waals surface area contributed by atoms with Crippen molar-refractivity contribution in [2.45, 2.75) is 88.8 Å².